The molecule has 25 heavy (non-hydrogen) atoms. The zero-order valence-corrected chi connectivity index (χ0v) is 16.9. The summed E-state index contributed by atoms with van der Waals surface area (Å²) in [6.07, 6.45) is 1.91. The Hall–Kier alpha value is -1.14. The van der Waals surface area contributed by atoms with Crippen molar-refractivity contribution in [1.82, 2.24) is 14.8 Å². The Bertz CT molecular complexity index is 636. The third-order valence-corrected chi connectivity index (χ3v) is 5.80. The molecule has 2 heterocycles. The molecule has 1 saturated heterocycles. The normalized spacial score (nSPS) is 24.2. The predicted octanol–water partition coefficient (Wildman–Crippen LogP) is 3.74. The predicted molar refractivity (Wildman–Crippen MR) is 109 cm³/mol. The standard InChI is InChI=1S/C19H28N4S.ClH/c1-14-10-23(12-16-7-5-4-6-8-16)11-15(2)18(14)22(3)13-17-9-21-19(20)24-17;/h4-9,14-15,18H,10-13H2,1-3H3,(H2,20,21);1H. The Kier molecular flexibility index (Phi) is 7.25. The SMILES string of the molecule is CC1CN(Cc2ccccc2)CC(C)C1N(C)Cc1cnc(N)s1.Cl. The van der Waals surface area contributed by atoms with Gasteiger partial charge in [-0.1, -0.05) is 44.2 Å². The second-order valence-corrected chi connectivity index (χ2v) is 8.35. The summed E-state index contributed by atoms with van der Waals surface area (Å²) in [4.78, 5) is 10.5. The highest BCUT2D eigenvalue weighted by Crippen LogP contribution is 2.29. The first kappa shape index (κ1) is 20.2. The average Bonchev–Trinajstić information content (AvgIpc) is 2.92. The van der Waals surface area contributed by atoms with Gasteiger partial charge in [-0.15, -0.1) is 23.7 Å². The molecule has 6 heteroatoms. The maximum Gasteiger partial charge on any atom is 0.180 e. The fourth-order valence-corrected chi connectivity index (χ4v) is 5.00. The van der Waals surface area contributed by atoms with E-state index >= 15 is 0 Å². The van der Waals surface area contributed by atoms with Crippen molar-refractivity contribution in [1.29, 1.82) is 0 Å². The molecule has 1 aliphatic rings. The second kappa shape index (κ2) is 8.99. The Morgan fingerprint density at radius 3 is 2.40 bits per heavy atom. The number of nitrogens with two attached hydrogens (primary N) is 1. The highest BCUT2D eigenvalue weighted by atomic mass is 35.5. The highest BCUT2D eigenvalue weighted by Gasteiger charge is 2.34. The minimum absolute atomic E-state index is 0. The first-order valence-corrected chi connectivity index (χ1v) is 9.51. The molecule has 2 unspecified atom stereocenters. The molecular formula is C19H29ClN4S. The second-order valence-electron chi connectivity index (χ2n) is 7.20. The summed E-state index contributed by atoms with van der Waals surface area (Å²) in [6.45, 7) is 9.06. The minimum Gasteiger partial charge on any atom is -0.375 e. The summed E-state index contributed by atoms with van der Waals surface area (Å²) in [5.41, 5.74) is 7.17. The lowest BCUT2D eigenvalue weighted by molar-refractivity contribution is 0.0295. The van der Waals surface area contributed by atoms with Crippen LogP contribution in [0.15, 0.2) is 36.5 Å². The van der Waals surface area contributed by atoms with Crippen molar-refractivity contribution in [3.63, 3.8) is 0 Å². The molecule has 2 aromatic rings. The van der Waals surface area contributed by atoms with Crippen LogP contribution >= 0.6 is 23.7 Å². The molecule has 1 aliphatic heterocycles. The van der Waals surface area contributed by atoms with Crippen LogP contribution in [-0.4, -0.2) is 41.0 Å². The van der Waals surface area contributed by atoms with Crippen LogP contribution in [-0.2, 0) is 13.1 Å². The van der Waals surface area contributed by atoms with Crippen LogP contribution < -0.4 is 5.73 Å². The third-order valence-electron chi connectivity index (χ3n) is 4.99. The van der Waals surface area contributed by atoms with Crippen LogP contribution in [0.2, 0.25) is 0 Å². The van der Waals surface area contributed by atoms with Crippen molar-refractivity contribution < 1.29 is 0 Å². The van der Waals surface area contributed by atoms with Gasteiger partial charge in [0, 0.05) is 43.3 Å². The van der Waals surface area contributed by atoms with Crippen LogP contribution in [0.3, 0.4) is 0 Å². The van der Waals surface area contributed by atoms with Crippen molar-refractivity contribution in [3.8, 4) is 0 Å². The monoisotopic (exact) mass is 380 g/mol. The fraction of sp³-hybridized carbons (Fsp3) is 0.526. The van der Waals surface area contributed by atoms with Gasteiger partial charge in [0.05, 0.1) is 0 Å². The number of rotatable bonds is 5. The van der Waals surface area contributed by atoms with E-state index in [2.05, 4.69) is 66.0 Å². The number of nitrogens with zero attached hydrogens (tertiary/aromatic N) is 3. The van der Waals surface area contributed by atoms with Gasteiger partial charge < -0.3 is 5.73 Å². The summed E-state index contributed by atoms with van der Waals surface area (Å²) in [5, 5.41) is 0.664. The Morgan fingerprint density at radius 1 is 1.20 bits per heavy atom. The maximum absolute atomic E-state index is 5.76. The molecule has 2 atom stereocenters. The zero-order valence-electron chi connectivity index (χ0n) is 15.3. The Morgan fingerprint density at radius 2 is 1.84 bits per heavy atom. The maximum atomic E-state index is 5.76. The third kappa shape index (κ3) is 5.17. The van der Waals surface area contributed by atoms with E-state index in [1.54, 1.807) is 11.3 Å². The minimum atomic E-state index is 0. The van der Waals surface area contributed by atoms with E-state index in [1.807, 2.05) is 6.20 Å². The van der Waals surface area contributed by atoms with Crippen LogP contribution in [0.25, 0.3) is 0 Å². The number of anilines is 1. The largest absolute Gasteiger partial charge is 0.375 e. The molecule has 1 aromatic heterocycles. The first-order chi connectivity index (χ1) is 11.5. The highest BCUT2D eigenvalue weighted by molar-refractivity contribution is 7.15. The molecule has 2 N–H and O–H groups in total. The van der Waals surface area contributed by atoms with E-state index in [0.717, 1.165) is 26.2 Å². The Labute approximate surface area is 161 Å². The number of piperidine rings is 1. The number of aromatic nitrogens is 1. The van der Waals surface area contributed by atoms with Crippen molar-refractivity contribution in [2.24, 2.45) is 11.8 Å². The van der Waals surface area contributed by atoms with Gasteiger partial charge in [-0.25, -0.2) is 4.98 Å². The lowest BCUT2D eigenvalue weighted by Crippen LogP contribution is -2.53. The molecule has 0 saturated carbocycles. The van der Waals surface area contributed by atoms with E-state index in [1.165, 1.54) is 10.4 Å². The number of halogens is 1. The first-order valence-electron chi connectivity index (χ1n) is 8.69. The van der Waals surface area contributed by atoms with Crippen molar-refractivity contribution in [2.75, 3.05) is 25.9 Å². The number of benzene rings is 1. The molecule has 1 fully saturated rings. The van der Waals surface area contributed by atoms with Crippen molar-refractivity contribution in [2.45, 2.75) is 33.0 Å². The van der Waals surface area contributed by atoms with E-state index < -0.39 is 0 Å². The molecule has 3 rings (SSSR count). The number of hydrogen-bond donors (Lipinski definition) is 1. The number of nitrogen functional groups attached to an aromatic ring is 1. The van der Waals surface area contributed by atoms with Crippen LogP contribution in [0.4, 0.5) is 5.13 Å². The summed E-state index contributed by atoms with van der Waals surface area (Å²) in [7, 11) is 2.24. The van der Waals surface area contributed by atoms with Crippen LogP contribution in [0, 0.1) is 11.8 Å². The lowest BCUT2D eigenvalue weighted by Gasteiger charge is -2.45. The molecule has 0 amide bonds. The lowest BCUT2D eigenvalue weighted by atomic mass is 9.84. The van der Waals surface area contributed by atoms with Gasteiger partial charge in [-0.2, -0.15) is 0 Å². The van der Waals surface area contributed by atoms with Crippen LogP contribution in [0.1, 0.15) is 24.3 Å². The van der Waals surface area contributed by atoms with Crippen molar-refractivity contribution >= 4 is 28.9 Å². The van der Waals surface area contributed by atoms with Gasteiger partial charge >= 0.3 is 0 Å². The van der Waals surface area contributed by atoms with Gasteiger partial charge in [-0.3, -0.25) is 9.80 Å². The van der Waals surface area contributed by atoms with Crippen LogP contribution in [0.5, 0.6) is 0 Å². The molecule has 0 bridgehead atoms. The Balaban J connectivity index is 0.00000225. The zero-order chi connectivity index (χ0) is 17.1. The number of likely N-dealkylation sites (tertiary alicyclic amines) is 1. The molecule has 4 nitrogen and oxygen atoms in total. The van der Waals surface area contributed by atoms with Gasteiger partial charge in [0.1, 0.15) is 0 Å². The molecular weight excluding hydrogens is 352 g/mol. The van der Waals surface area contributed by atoms with Gasteiger partial charge in [0.15, 0.2) is 5.13 Å². The van der Waals surface area contributed by atoms with E-state index in [-0.39, 0.29) is 12.4 Å². The molecule has 1 aromatic carbocycles. The fourth-order valence-electron chi connectivity index (χ4n) is 4.25. The summed E-state index contributed by atoms with van der Waals surface area (Å²) >= 11 is 1.60. The molecule has 138 valence electrons. The van der Waals surface area contributed by atoms with Gasteiger partial charge in [0.2, 0.25) is 0 Å². The average molecular weight is 381 g/mol. The van der Waals surface area contributed by atoms with Crippen molar-refractivity contribution in [3.05, 3.63) is 47.0 Å². The summed E-state index contributed by atoms with van der Waals surface area (Å²) < 4.78 is 0. The summed E-state index contributed by atoms with van der Waals surface area (Å²) in [6, 6.07) is 11.4. The molecule has 0 aliphatic carbocycles. The van der Waals surface area contributed by atoms with E-state index in [9.17, 15) is 0 Å². The van der Waals surface area contributed by atoms with E-state index in [0.29, 0.717) is 23.0 Å². The van der Waals surface area contributed by atoms with Gasteiger partial charge in [0.25, 0.3) is 0 Å². The number of thiazole rings is 1. The summed E-state index contributed by atoms with van der Waals surface area (Å²) in [5.74, 6) is 1.29. The van der Waals surface area contributed by atoms with E-state index in [4.69, 9.17) is 5.73 Å². The quantitative estimate of drug-likeness (QED) is 0.858. The van der Waals surface area contributed by atoms with Gasteiger partial charge in [-0.05, 0) is 24.4 Å². The smallest absolute Gasteiger partial charge is 0.180 e. The topological polar surface area (TPSA) is 45.4 Å². The molecule has 0 spiro atoms. The number of hydrogen-bond acceptors (Lipinski definition) is 5. The molecule has 0 radical (unpaired) electrons.